The van der Waals surface area contributed by atoms with Gasteiger partial charge in [-0.25, -0.2) is 0 Å². The molecule has 0 radical (unpaired) electrons. The Morgan fingerprint density at radius 2 is 2.07 bits per heavy atom. The molecule has 0 unspecified atom stereocenters. The number of hydrogen-bond donors (Lipinski definition) is 1. The first kappa shape index (κ1) is 20.1. The number of rotatable bonds is 3. The maximum atomic E-state index is 14.5. The number of carbonyl (C=O) groups is 2. The minimum absolute atomic E-state index is 0.00869. The number of nitrogens with zero attached hydrogens (tertiary/aromatic N) is 3. The van der Waals surface area contributed by atoms with Crippen LogP contribution in [0.5, 0.6) is 0 Å². The number of alkyl halides is 3. The molecule has 1 atom stereocenters. The Balaban J connectivity index is 1.69. The molecule has 0 saturated carbocycles. The van der Waals surface area contributed by atoms with Gasteiger partial charge in [-0.3, -0.25) is 19.5 Å². The Labute approximate surface area is 171 Å². The first-order valence-electron chi connectivity index (χ1n) is 8.78. The number of hydrogen-bond acceptors (Lipinski definition) is 4. The normalized spacial score (nSPS) is 16.5. The van der Waals surface area contributed by atoms with Gasteiger partial charge in [0.2, 0.25) is 0 Å². The molecular formula is C19H14F4N4O2S. The smallest absolute Gasteiger partial charge is 0.320 e. The minimum Gasteiger partial charge on any atom is -0.320 e. The summed E-state index contributed by atoms with van der Waals surface area (Å²) >= 11 is 0.432. The highest BCUT2D eigenvalue weighted by atomic mass is 32.1. The summed E-state index contributed by atoms with van der Waals surface area (Å²) in [6.45, 7) is 1.63. The van der Waals surface area contributed by atoms with Crippen LogP contribution in [0.15, 0.2) is 42.7 Å². The van der Waals surface area contributed by atoms with Crippen LogP contribution in [-0.4, -0.2) is 27.9 Å². The van der Waals surface area contributed by atoms with Crippen LogP contribution in [0.1, 0.15) is 38.7 Å². The van der Waals surface area contributed by atoms with E-state index in [0.717, 1.165) is 16.7 Å². The van der Waals surface area contributed by atoms with Gasteiger partial charge in [0.05, 0.1) is 22.3 Å². The molecule has 11 heteroatoms. The average molecular weight is 438 g/mol. The number of nitrogens with one attached hydrogen (secondary N) is 1. The van der Waals surface area contributed by atoms with Gasteiger partial charge in [0.25, 0.3) is 11.8 Å². The molecule has 0 aliphatic carbocycles. The van der Waals surface area contributed by atoms with Gasteiger partial charge in [0.15, 0.2) is 5.95 Å². The quantitative estimate of drug-likeness (QED) is 0.609. The van der Waals surface area contributed by atoms with E-state index in [2.05, 4.69) is 10.3 Å². The van der Waals surface area contributed by atoms with Crippen molar-refractivity contribution in [1.82, 2.24) is 9.55 Å². The van der Waals surface area contributed by atoms with E-state index in [1.165, 1.54) is 29.4 Å². The second-order valence-electron chi connectivity index (χ2n) is 6.70. The molecule has 0 aromatic carbocycles. The second-order valence-corrected chi connectivity index (χ2v) is 7.76. The van der Waals surface area contributed by atoms with E-state index in [0.29, 0.717) is 11.3 Å². The van der Waals surface area contributed by atoms with E-state index in [9.17, 15) is 27.2 Å². The van der Waals surface area contributed by atoms with Crippen molar-refractivity contribution in [1.29, 1.82) is 0 Å². The van der Waals surface area contributed by atoms with Crippen molar-refractivity contribution in [2.24, 2.45) is 0 Å². The van der Waals surface area contributed by atoms with Gasteiger partial charge < -0.3 is 9.88 Å². The fraction of sp³-hybridized carbons (Fsp3) is 0.211. The Morgan fingerprint density at radius 1 is 1.30 bits per heavy atom. The summed E-state index contributed by atoms with van der Waals surface area (Å²) in [5.41, 5.74) is 0.0139. The topological polar surface area (TPSA) is 67.2 Å². The lowest BCUT2D eigenvalue weighted by molar-refractivity contribution is -0.134. The van der Waals surface area contributed by atoms with Crippen molar-refractivity contribution in [2.45, 2.75) is 19.1 Å². The summed E-state index contributed by atoms with van der Waals surface area (Å²) in [7, 11) is 0. The largest absolute Gasteiger partial charge is 0.425 e. The number of aromatic nitrogens is 2. The summed E-state index contributed by atoms with van der Waals surface area (Å²) in [4.78, 5) is 29.7. The maximum absolute atomic E-state index is 14.5. The van der Waals surface area contributed by atoms with E-state index in [1.54, 1.807) is 13.0 Å². The lowest BCUT2D eigenvalue weighted by Gasteiger charge is -2.32. The van der Waals surface area contributed by atoms with Crippen molar-refractivity contribution in [3.8, 4) is 0 Å². The molecule has 3 aromatic rings. The van der Waals surface area contributed by atoms with E-state index < -0.39 is 34.9 Å². The molecule has 156 valence electrons. The number of amides is 2. The molecule has 0 saturated heterocycles. The minimum atomic E-state index is -4.53. The average Bonchev–Trinajstić information content (AvgIpc) is 3.31. The molecule has 1 N–H and O–H groups in total. The van der Waals surface area contributed by atoms with E-state index >= 15 is 0 Å². The number of anilines is 2. The molecule has 3 aromatic heterocycles. The summed E-state index contributed by atoms with van der Waals surface area (Å²) in [5.74, 6) is -2.02. The van der Waals surface area contributed by atoms with Crippen LogP contribution in [0, 0.1) is 5.95 Å². The molecule has 30 heavy (non-hydrogen) atoms. The molecule has 0 fully saturated rings. The van der Waals surface area contributed by atoms with E-state index in [-0.39, 0.29) is 28.5 Å². The SMILES string of the molecule is C[C@H]1CN(c2ccc(C(F)(F)F)s2)C(=O)c2c(NC(=O)c3cccnc3)cc(F)n21. The lowest BCUT2D eigenvalue weighted by Crippen LogP contribution is -2.42. The van der Waals surface area contributed by atoms with Gasteiger partial charge in [-0.05, 0) is 31.2 Å². The van der Waals surface area contributed by atoms with Gasteiger partial charge in [0.1, 0.15) is 10.6 Å². The van der Waals surface area contributed by atoms with Gasteiger partial charge in [-0.15, -0.1) is 11.3 Å². The molecular weight excluding hydrogens is 424 g/mol. The van der Waals surface area contributed by atoms with E-state index in [1.807, 2.05) is 0 Å². The summed E-state index contributed by atoms with van der Waals surface area (Å²) in [6.07, 6.45) is -1.73. The van der Waals surface area contributed by atoms with Crippen molar-refractivity contribution in [3.63, 3.8) is 0 Å². The molecule has 2 amide bonds. The standard InChI is InChI=1S/C19H14F4N4O2S/c1-10-9-26(15-5-4-13(30-15)19(21,22)23)18(29)16-12(7-14(20)27(10)16)25-17(28)11-3-2-6-24-8-11/h2-8,10H,9H2,1H3,(H,25,28)/t10-/m0/s1. The summed E-state index contributed by atoms with van der Waals surface area (Å²) in [6, 6.07) is 5.63. The van der Waals surface area contributed by atoms with Gasteiger partial charge in [-0.1, -0.05) is 0 Å². The summed E-state index contributed by atoms with van der Waals surface area (Å²) in [5, 5.41) is 2.59. The monoisotopic (exact) mass is 438 g/mol. The van der Waals surface area contributed by atoms with Crippen molar-refractivity contribution in [3.05, 3.63) is 64.8 Å². The van der Waals surface area contributed by atoms with Gasteiger partial charge >= 0.3 is 6.18 Å². The zero-order chi connectivity index (χ0) is 21.6. The third kappa shape index (κ3) is 3.45. The molecule has 0 spiro atoms. The number of carbonyl (C=O) groups excluding carboxylic acids is 2. The third-order valence-electron chi connectivity index (χ3n) is 4.63. The van der Waals surface area contributed by atoms with Crippen LogP contribution in [-0.2, 0) is 6.18 Å². The first-order valence-corrected chi connectivity index (χ1v) is 9.59. The molecule has 6 nitrogen and oxygen atoms in total. The fourth-order valence-electron chi connectivity index (χ4n) is 3.30. The molecule has 0 bridgehead atoms. The zero-order valence-electron chi connectivity index (χ0n) is 15.4. The number of thiophene rings is 1. The Kier molecular flexibility index (Phi) is 4.85. The molecule has 1 aliphatic rings. The zero-order valence-corrected chi connectivity index (χ0v) is 16.2. The van der Waals surface area contributed by atoms with Gasteiger partial charge in [0, 0.05) is 25.0 Å². The van der Waals surface area contributed by atoms with Crippen molar-refractivity contribution < 1.29 is 27.2 Å². The number of halogens is 4. The maximum Gasteiger partial charge on any atom is 0.425 e. The second kappa shape index (κ2) is 7.24. The van der Waals surface area contributed by atoms with Crippen LogP contribution in [0.3, 0.4) is 0 Å². The van der Waals surface area contributed by atoms with Crippen LogP contribution < -0.4 is 10.2 Å². The Morgan fingerprint density at radius 3 is 2.70 bits per heavy atom. The first-order chi connectivity index (χ1) is 14.2. The predicted octanol–water partition coefficient (Wildman–Crippen LogP) is 4.58. The highest BCUT2D eigenvalue weighted by Crippen LogP contribution is 2.41. The number of pyridine rings is 1. The van der Waals surface area contributed by atoms with Gasteiger partial charge in [-0.2, -0.15) is 17.6 Å². The van der Waals surface area contributed by atoms with Crippen molar-refractivity contribution >= 4 is 33.8 Å². The fourth-order valence-corrected chi connectivity index (χ4v) is 4.18. The van der Waals surface area contributed by atoms with Crippen LogP contribution in [0.4, 0.5) is 28.3 Å². The van der Waals surface area contributed by atoms with Crippen LogP contribution >= 0.6 is 11.3 Å². The molecule has 4 rings (SSSR count). The van der Waals surface area contributed by atoms with Crippen molar-refractivity contribution in [2.75, 3.05) is 16.8 Å². The Hall–Kier alpha value is -3.21. The molecule has 1 aliphatic heterocycles. The predicted molar refractivity (Wildman–Crippen MR) is 102 cm³/mol. The summed E-state index contributed by atoms with van der Waals surface area (Å²) < 4.78 is 54.5. The van der Waals surface area contributed by atoms with Crippen LogP contribution in [0.25, 0.3) is 0 Å². The van der Waals surface area contributed by atoms with Crippen LogP contribution in [0.2, 0.25) is 0 Å². The highest BCUT2D eigenvalue weighted by molar-refractivity contribution is 7.16. The lowest BCUT2D eigenvalue weighted by atomic mass is 10.2. The highest BCUT2D eigenvalue weighted by Gasteiger charge is 2.38. The van der Waals surface area contributed by atoms with E-state index in [4.69, 9.17) is 0 Å². The number of fused-ring (bicyclic) bond motifs is 1. The third-order valence-corrected chi connectivity index (χ3v) is 5.79. The molecule has 4 heterocycles. The Bertz CT molecular complexity index is 1120.